The fourth-order valence-corrected chi connectivity index (χ4v) is 3.63. The van der Waals surface area contributed by atoms with Gasteiger partial charge in [-0.3, -0.25) is 14.2 Å². The smallest absolute Gasteiger partial charge is 0.364 e. The van der Waals surface area contributed by atoms with E-state index in [1.807, 2.05) is 0 Å². The van der Waals surface area contributed by atoms with Crippen LogP contribution in [0.1, 0.15) is 34.9 Å². The fourth-order valence-electron chi connectivity index (χ4n) is 3.09. The highest BCUT2D eigenvalue weighted by atomic mass is 32.2. The average molecular weight is 412 g/mol. The first-order valence-electron chi connectivity index (χ1n) is 8.53. The van der Waals surface area contributed by atoms with Crippen LogP contribution in [0.3, 0.4) is 0 Å². The van der Waals surface area contributed by atoms with E-state index < -0.39 is 17.0 Å². The number of carbonyl (C=O) groups is 1. The molecule has 0 spiro atoms. The summed E-state index contributed by atoms with van der Waals surface area (Å²) in [6.07, 6.45) is 1.78. The van der Waals surface area contributed by atoms with Crippen LogP contribution < -0.4 is 16.2 Å². The van der Waals surface area contributed by atoms with Crippen molar-refractivity contribution in [1.29, 1.82) is 0 Å². The van der Waals surface area contributed by atoms with Crippen molar-refractivity contribution in [3.8, 4) is 0 Å². The van der Waals surface area contributed by atoms with Crippen LogP contribution in [-0.4, -0.2) is 35.1 Å². The third-order valence-electron chi connectivity index (χ3n) is 4.39. The maximum Gasteiger partial charge on any atom is 0.446 e. The molecule has 10 heteroatoms. The van der Waals surface area contributed by atoms with Crippen molar-refractivity contribution in [3.63, 3.8) is 0 Å². The summed E-state index contributed by atoms with van der Waals surface area (Å²) in [5.74, 6) is -0.366. The first-order chi connectivity index (χ1) is 13.1. The molecule has 0 aliphatic heterocycles. The van der Waals surface area contributed by atoms with Gasteiger partial charge < -0.3 is 10.6 Å². The van der Waals surface area contributed by atoms with E-state index in [1.165, 1.54) is 16.7 Å². The number of amides is 1. The number of hydrogen-bond donors (Lipinski definition) is 1. The third kappa shape index (κ3) is 4.49. The molecule has 1 aliphatic carbocycles. The largest absolute Gasteiger partial charge is 0.446 e. The number of carbonyl (C=O) groups excluding carboxylic acids is 1. The summed E-state index contributed by atoms with van der Waals surface area (Å²) in [5.41, 5.74) is 1.06. The van der Waals surface area contributed by atoms with E-state index >= 15 is 0 Å². The molecule has 2 N–H and O–H groups in total. The minimum Gasteiger partial charge on any atom is -0.364 e. The van der Waals surface area contributed by atoms with Crippen LogP contribution in [-0.2, 0) is 0 Å². The first-order valence-corrected chi connectivity index (χ1v) is 9.35. The van der Waals surface area contributed by atoms with Crippen molar-refractivity contribution in [3.05, 3.63) is 51.9 Å². The lowest BCUT2D eigenvalue weighted by Gasteiger charge is -2.26. The quantitative estimate of drug-likeness (QED) is 0.738. The van der Waals surface area contributed by atoms with E-state index in [2.05, 4.69) is 4.98 Å². The summed E-state index contributed by atoms with van der Waals surface area (Å²) in [6.45, 7) is 0. The molecule has 150 valence electrons. The number of primary amides is 1. The van der Waals surface area contributed by atoms with Gasteiger partial charge in [0, 0.05) is 25.1 Å². The number of nitrogens with zero attached hydrogens (tertiary/aromatic N) is 3. The van der Waals surface area contributed by atoms with Gasteiger partial charge in [-0.25, -0.2) is 4.98 Å². The van der Waals surface area contributed by atoms with Gasteiger partial charge in [-0.05, 0) is 48.2 Å². The molecule has 3 rings (SSSR count). The van der Waals surface area contributed by atoms with Gasteiger partial charge >= 0.3 is 5.51 Å². The van der Waals surface area contributed by atoms with Crippen molar-refractivity contribution in [2.75, 3.05) is 19.0 Å². The average Bonchev–Trinajstić information content (AvgIpc) is 3.41. The Morgan fingerprint density at radius 2 is 1.89 bits per heavy atom. The third-order valence-corrected chi connectivity index (χ3v) is 5.13. The number of benzene rings is 1. The second-order valence-corrected chi connectivity index (χ2v) is 7.95. The molecule has 1 heterocycles. The highest BCUT2D eigenvalue weighted by Crippen LogP contribution is 2.45. The van der Waals surface area contributed by atoms with E-state index in [4.69, 9.17) is 5.73 Å². The van der Waals surface area contributed by atoms with Crippen molar-refractivity contribution in [1.82, 2.24) is 9.55 Å². The predicted molar refractivity (Wildman–Crippen MR) is 101 cm³/mol. The second kappa shape index (κ2) is 7.50. The van der Waals surface area contributed by atoms with Crippen LogP contribution in [0.15, 0.2) is 40.0 Å². The highest BCUT2D eigenvalue weighted by Gasteiger charge is 2.36. The summed E-state index contributed by atoms with van der Waals surface area (Å²) in [4.78, 5) is 30.2. The molecule has 2 aromatic rings. The number of thioether (sulfide) groups is 1. The van der Waals surface area contributed by atoms with Gasteiger partial charge in [0.25, 0.3) is 11.5 Å². The van der Waals surface area contributed by atoms with Crippen molar-refractivity contribution >= 4 is 23.6 Å². The number of halogens is 3. The molecule has 0 bridgehead atoms. The van der Waals surface area contributed by atoms with Crippen LogP contribution >= 0.6 is 11.8 Å². The van der Waals surface area contributed by atoms with Crippen LogP contribution in [0.5, 0.6) is 0 Å². The Balaban J connectivity index is 2.06. The van der Waals surface area contributed by atoms with Crippen LogP contribution in [0, 0.1) is 5.92 Å². The molecule has 1 aromatic carbocycles. The molecule has 1 atom stereocenters. The van der Waals surface area contributed by atoms with Crippen LogP contribution in [0.25, 0.3) is 0 Å². The Kier molecular flexibility index (Phi) is 5.42. The molecule has 6 nitrogen and oxygen atoms in total. The van der Waals surface area contributed by atoms with Gasteiger partial charge in [0.05, 0.1) is 6.04 Å². The maximum atomic E-state index is 12.8. The number of nitrogens with two attached hydrogens (primary N) is 1. The minimum atomic E-state index is -4.36. The highest BCUT2D eigenvalue weighted by molar-refractivity contribution is 8.00. The predicted octanol–water partition coefficient (Wildman–Crippen LogP) is 3.02. The standard InChI is InChI=1S/C18H19F3N4O2S/c1-24(2)17-23-13(16(22)27)9-14(26)25(17)15(10-3-4-10)11-5-7-12(8-6-11)28-18(19,20)21/h5-10,15H,3-4H2,1-2H3,(H2,22,27)/t15-/m1/s1. The molecule has 1 aliphatic rings. The molecule has 1 aromatic heterocycles. The molecular weight excluding hydrogens is 393 g/mol. The molecular formula is C18H19F3N4O2S. The maximum absolute atomic E-state index is 12.8. The number of rotatable bonds is 6. The van der Waals surface area contributed by atoms with Gasteiger partial charge in [-0.1, -0.05) is 12.1 Å². The summed E-state index contributed by atoms with van der Waals surface area (Å²) in [6, 6.07) is 6.71. The molecule has 0 radical (unpaired) electrons. The van der Waals surface area contributed by atoms with Gasteiger partial charge in [-0.2, -0.15) is 13.2 Å². The minimum absolute atomic E-state index is 0.0770. The van der Waals surface area contributed by atoms with E-state index in [1.54, 1.807) is 31.1 Å². The Bertz CT molecular complexity index is 937. The zero-order valence-electron chi connectivity index (χ0n) is 15.2. The number of hydrogen-bond acceptors (Lipinski definition) is 5. The molecule has 0 saturated heterocycles. The Labute approximate surface area is 163 Å². The molecule has 1 saturated carbocycles. The lowest BCUT2D eigenvalue weighted by Crippen LogP contribution is -2.34. The zero-order valence-corrected chi connectivity index (χ0v) is 16.0. The number of anilines is 1. The molecule has 0 unspecified atom stereocenters. The van der Waals surface area contributed by atoms with Gasteiger partial charge in [0.1, 0.15) is 5.69 Å². The summed E-state index contributed by atoms with van der Waals surface area (Å²) in [5, 5.41) is 0. The normalized spacial score (nSPS) is 15.3. The van der Waals surface area contributed by atoms with Gasteiger partial charge in [0.15, 0.2) is 0 Å². The first kappa shape index (κ1) is 20.2. The van der Waals surface area contributed by atoms with E-state index in [0.717, 1.165) is 18.9 Å². The Morgan fingerprint density at radius 1 is 1.29 bits per heavy atom. The lowest BCUT2D eigenvalue weighted by atomic mass is 10.0. The Hall–Kier alpha value is -2.49. The van der Waals surface area contributed by atoms with Crippen LogP contribution in [0.4, 0.5) is 19.1 Å². The molecule has 28 heavy (non-hydrogen) atoms. The van der Waals surface area contributed by atoms with Crippen LogP contribution in [0.2, 0.25) is 0 Å². The lowest BCUT2D eigenvalue weighted by molar-refractivity contribution is -0.0328. The van der Waals surface area contributed by atoms with Gasteiger partial charge in [-0.15, -0.1) is 0 Å². The van der Waals surface area contributed by atoms with E-state index in [0.29, 0.717) is 5.56 Å². The summed E-state index contributed by atoms with van der Waals surface area (Å²) < 4.78 is 39.2. The monoisotopic (exact) mass is 412 g/mol. The fraction of sp³-hybridized carbons (Fsp3) is 0.389. The number of alkyl halides is 3. The zero-order chi connectivity index (χ0) is 20.6. The van der Waals surface area contributed by atoms with E-state index in [-0.39, 0.29) is 40.3 Å². The Morgan fingerprint density at radius 3 is 2.36 bits per heavy atom. The summed E-state index contributed by atoms with van der Waals surface area (Å²) in [7, 11) is 3.38. The number of aromatic nitrogens is 2. The SMILES string of the molecule is CN(C)c1nc(C(N)=O)cc(=O)n1[C@@H](c1ccc(SC(F)(F)F)cc1)C1CC1. The van der Waals surface area contributed by atoms with E-state index in [9.17, 15) is 22.8 Å². The topological polar surface area (TPSA) is 81.2 Å². The van der Waals surface area contributed by atoms with Crippen molar-refractivity contribution in [2.24, 2.45) is 11.7 Å². The van der Waals surface area contributed by atoms with Gasteiger partial charge in [0.2, 0.25) is 5.95 Å². The van der Waals surface area contributed by atoms with Crippen molar-refractivity contribution in [2.45, 2.75) is 29.3 Å². The summed E-state index contributed by atoms with van der Waals surface area (Å²) >= 11 is -0.183. The van der Waals surface area contributed by atoms with Crippen molar-refractivity contribution < 1.29 is 18.0 Å². The second-order valence-electron chi connectivity index (χ2n) is 6.81. The molecule has 1 amide bonds. The molecule has 1 fully saturated rings.